The lowest BCUT2D eigenvalue weighted by molar-refractivity contribution is 0.0229. The third-order valence-corrected chi connectivity index (χ3v) is 12.0. The Bertz CT molecular complexity index is 1310. The number of carboxylic acid groups (broad SMARTS) is 1. The first kappa shape index (κ1) is 30.2. The van der Waals surface area contributed by atoms with Crippen LogP contribution in [0.15, 0.2) is 29.5 Å². The second-order valence-electron chi connectivity index (χ2n) is 11.4. The van der Waals surface area contributed by atoms with E-state index in [1.807, 2.05) is 13.1 Å². The van der Waals surface area contributed by atoms with Gasteiger partial charge in [0.05, 0.1) is 38.5 Å². The van der Waals surface area contributed by atoms with Crippen molar-refractivity contribution in [2.75, 3.05) is 31.1 Å². The number of ether oxygens (including phenoxy) is 1. The van der Waals surface area contributed by atoms with E-state index < -0.39 is 55.9 Å². The van der Waals surface area contributed by atoms with Crippen molar-refractivity contribution in [2.45, 2.75) is 57.5 Å². The Morgan fingerprint density at radius 1 is 1.15 bits per heavy atom. The number of anilines is 1. The lowest BCUT2D eigenvalue weighted by atomic mass is 10.0. The Morgan fingerprint density at radius 2 is 1.80 bits per heavy atom. The van der Waals surface area contributed by atoms with E-state index in [2.05, 4.69) is 35.8 Å². The molecule has 0 spiro atoms. The van der Waals surface area contributed by atoms with Gasteiger partial charge in [-0.1, -0.05) is 20.8 Å². The molecule has 11 nitrogen and oxygen atoms in total. The van der Waals surface area contributed by atoms with Crippen molar-refractivity contribution in [3.63, 3.8) is 0 Å². The number of amides is 3. The van der Waals surface area contributed by atoms with Crippen molar-refractivity contribution in [3.8, 4) is 5.88 Å². The maximum absolute atomic E-state index is 14.5. The summed E-state index contributed by atoms with van der Waals surface area (Å²) in [6.07, 6.45) is 0.639. The van der Waals surface area contributed by atoms with Gasteiger partial charge in [0, 0.05) is 18.7 Å². The molecule has 1 aromatic carbocycles. The van der Waals surface area contributed by atoms with Gasteiger partial charge in [-0.3, -0.25) is 0 Å². The van der Waals surface area contributed by atoms with Gasteiger partial charge in [-0.2, -0.15) is 14.5 Å². The van der Waals surface area contributed by atoms with Crippen molar-refractivity contribution in [1.29, 1.82) is 0 Å². The third kappa shape index (κ3) is 6.78. The van der Waals surface area contributed by atoms with E-state index >= 15 is 0 Å². The van der Waals surface area contributed by atoms with Gasteiger partial charge in [0.25, 0.3) is 5.88 Å². The van der Waals surface area contributed by atoms with Gasteiger partial charge < -0.3 is 19.2 Å². The number of hydrazone groups is 1. The number of halogens is 3. The van der Waals surface area contributed by atoms with Crippen LogP contribution in [0.4, 0.5) is 28.7 Å². The molecule has 1 atom stereocenters. The number of hydrogen-bond acceptors (Lipinski definition) is 7. The maximum atomic E-state index is 14.5. The van der Waals surface area contributed by atoms with Crippen LogP contribution in [0.2, 0.25) is 18.1 Å². The molecule has 0 aliphatic carbocycles. The molecule has 41 heavy (non-hydrogen) atoms. The molecule has 15 heteroatoms. The van der Waals surface area contributed by atoms with Gasteiger partial charge in [0.2, 0.25) is 11.8 Å². The van der Waals surface area contributed by atoms with Crippen LogP contribution >= 0.6 is 0 Å². The minimum absolute atomic E-state index is 0.0636. The molecule has 0 radical (unpaired) electrons. The van der Waals surface area contributed by atoms with E-state index in [1.54, 1.807) is 0 Å². The van der Waals surface area contributed by atoms with Crippen molar-refractivity contribution in [3.05, 3.63) is 47.4 Å². The normalized spacial score (nSPS) is 17.5. The summed E-state index contributed by atoms with van der Waals surface area (Å²) >= 11 is 0. The van der Waals surface area contributed by atoms with E-state index in [9.17, 15) is 27.9 Å². The number of carbonyl (C=O) groups is 2. The zero-order valence-electron chi connectivity index (χ0n) is 23.5. The topological polar surface area (TPSA) is 121 Å². The molecule has 0 bridgehead atoms. The second-order valence-corrected chi connectivity index (χ2v) is 16.2. The van der Waals surface area contributed by atoms with Crippen molar-refractivity contribution >= 4 is 32.6 Å². The van der Waals surface area contributed by atoms with Crippen LogP contribution < -0.4 is 9.64 Å². The fraction of sp³-hybridized carbons (Fsp3) is 0.500. The number of likely N-dealkylation sites (tertiary alicyclic amines) is 1. The molecule has 2 aliphatic heterocycles. The van der Waals surface area contributed by atoms with Gasteiger partial charge >= 0.3 is 12.1 Å². The van der Waals surface area contributed by atoms with Gasteiger partial charge in [-0.15, -0.1) is 0 Å². The smallest absolute Gasteiger partial charge is 0.414 e. The highest BCUT2D eigenvalue weighted by Gasteiger charge is 2.40. The molecule has 1 aromatic heterocycles. The second kappa shape index (κ2) is 11.6. The molecular formula is C26H33F3N6O5Si. The third-order valence-electron chi connectivity index (χ3n) is 7.45. The lowest BCUT2D eigenvalue weighted by Gasteiger charge is -2.40. The van der Waals surface area contributed by atoms with E-state index in [0.29, 0.717) is 6.42 Å². The lowest BCUT2D eigenvalue weighted by Crippen LogP contribution is -2.59. The summed E-state index contributed by atoms with van der Waals surface area (Å²) < 4.78 is 53.6. The number of benzene rings is 1. The van der Waals surface area contributed by atoms with E-state index in [1.165, 1.54) is 11.1 Å². The van der Waals surface area contributed by atoms with Crippen LogP contribution in [0.3, 0.4) is 0 Å². The molecule has 2 aliphatic rings. The quantitative estimate of drug-likeness (QED) is 0.426. The molecule has 3 heterocycles. The number of hydrogen-bond donors (Lipinski definition) is 1. The average molecular weight is 595 g/mol. The van der Waals surface area contributed by atoms with E-state index in [-0.39, 0.29) is 42.8 Å². The fourth-order valence-electron chi connectivity index (χ4n) is 4.06. The summed E-state index contributed by atoms with van der Waals surface area (Å²) in [6, 6.07) is 1.88. The SMILES string of the molecule is CC(C)(C)[Si](C)(C)OCCN(C(=O)O)c1ncc(F)c(OC2CN(C(=O)N3N=CCC3c3cc(F)cc(F)c3)C2)n1. The average Bonchev–Trinajstić information content (AvgIpc) is 3.33. The minimum atomic E-state index is -2.12. The first-order chi connectivity index (χ1) is 19.2. The number of aromatic nitrogens is 2. The summed E-state index contributed by atoms with van der Waals surface area (Å²) in [5.41, 5.74) is 0.273. The summed E-state index contributed by atoms with van der Waals surface area (Å²) in [7, 11) is -2.12. The highest BCUT2D eigenvalue weighted by Crippen LogP contribution is 2.36. The molecule has 1 unspecified atom stereocenters. The monoisotopic (exact) mass is 594 g/mol. The van der Waals surface area contributed by atoms with Crippen LogP contribution in [-0.2, 0) is 4.43 Å². The summed E-state index contributed by atoms with van der Waals surface area (Å²) in [4.78, 5) is 35.0. The highest BCUT2D eigenvalue weighted by molar-refractivity contribution is 6.74. The highest BCUT2D eigenvalue weighted by atomic mass is 28.4. The van der Waals surface area contributed by atoms with Gasteiger partial charge in [-0.05, 0) is 35.8 Å². The number of nitrogens with zero attached hydrogens (tertiary/aromatic N) is 6. The minimum Gasteiger partial charge on any atom is -0.468 e. The van der Waals surface area contributed by atoms with Crippen LogP contribution in [-0.4, -0.2) is 84.0 Å². The predicted octanol–water partition coefficient (Wildman–Crippen LogP) is 5.02. The Balaban J connectivity index is 1.37. The molecular weight excluding hydrogens is 561 g/mol. The first-order valence-corrected chi connectivity index (χ1v) is 16.0. The molecule has 1 fully saturated rings. The molecule has 1 saturated heterocycles. The van der Waals surface area contributed by atoms with Gasteiger partial charge in [-0.25, -0.2) is 33.3 Å². The maximum Gasteiger partial charge on any atom is 0.414 e. The molecule has 3 amide bonds. The largest absolute Gasteiger partial charge is 0.468 e. The number of rotatable bonds is 8. The van der Waals surface area contributed by atoms with E-state index in [4.69, 9.17) is 9.16 Å². The zero-order chi connectivity index (χ0) is 30.1. The van der Waals surface area contributed by atoms with Crippen molar-refractivity contribution in [2.24, 2.45) is 5.10 Å². The van der Waals surface area contributed by atoms with Crippen molar-refractivity contribution < 1.29 is 37.0 Å². The number of urea groups is 1. The van der Waals surface area contributed by atoms with Crippen LogP contribution in [0.25, 0.3) is 0 Å². The summed E-state index contributed by atoms with van der Waals surface area (Å²) in [5.74, 6) is -3.12. The summed E-state index contributed by atoms with van der Waals surface area (Å²) in [6.45, 7) is 10.5. The molecule has 0 saturated carbocycles. The van der Waals surface area contributed by atoms with Crippen LogP contribution in [0, 0.1) is 17.5 Å². The Kier molecular flexibility index (Phi) is 8.59. The standard InChI is InChI=1S/C26H33F3N6O5Si/c1-26(2,3)41(4,5)39-9-8-34(25(37)38)23-30-13-20(29)22(32-23)40-19-14-33(15-19)24(36)35-21(6-7-31-35)16-10-17(27)12-18(28)11-16/h7,10-13,19,21H,6,8-9,14-15H2,1-5H3,(H,37,38). The molecule has 2 aromatic rings. The fourth-order valence-corrected chi connectivity index (χ4v) is 5.09. The van der Waals surface area contributed by atoms with Crippen molar-refractivity contribution in [1.82, 2.24) is 19.9 Å². The van der Waals surface area contributed by atoms with Crippen LogP contribution in [0.5, 0.6) is 5.88 Å². The number of carbonyl (C=O) groups excluding carboxylic acids is 1. The van der Waals surface area contributed by atoms with Gasteiger partial charge in [0.15, 0.2) is 8.32 Å². The molecule has 4 rings (SSSR count). The summed E-state index contributed by atoms with van der Waals surface area (Å²) in [5, 5.41) is 14.9. The van der Waals surface area contributed by atoms with E-state index in [0.717, 1.165) is 34.3 Å². The van der Waals surface area contributed by atoms with Gasteiger partial charge in [0.1, 0.15) is 17.7 Å². The zero-order valence-corrected chi connectivity index (χ0v) is 24.5. The predicted molar refractivity (Wildman–Crippen MR) is 146 cm³/mol. The molecule has 1 N–H and O–H groups in total. The Hall–Kier alpha value is -3.72. The van der Waals surface area contributed by atoms with Crippen LogP contribution in [0.1, 0.15) is 38.8 Å². The molecule has 222 valence electrons. The Morgan fingerprint density at radius 3 is 2.41 bits per heavy atom. The first-order valence-electron chi connectivity index (χ1n) is 13.1. The Labute approximate surface area is 236 Å².